The van der Waals surface area contributed by atoms with Crippen LogP contribution >= 0.6 is 11.6 Å². The van der Waals surface area contributed by atoms with Gasteiger partial charge in [0.1, 0.15) is 23.3 Å². The van der Waals surface area contributed by atoms with Crippen molar-refractivity contribution in [2.75, 3.05) is 23.3 Å². The van der Waals surface area contributed by atoms with Gasteiger partial charge in [0, 0.05) is 19.4 Å². The van der Waals surface area contributed by atoms with E-state index in [4.69, 9.17) is 23.1 Å². The molecule has 0 bridgehead atoms. The molecule has 0 amide bonds. The zero-order valence-electron chi connectivity index (χ0n) is 18.2. The van der Waals surface area contributed by atoms with E-state index in [1.54, 1.807) is 36.4 Å². The van der Waals surface area contributed by atoms with Crippen LogP contribution in [0.1, 0.15) is 17.0 Å². The van der Waals surface area contributed by atoms with Crippen molar-refractivity contribution in [2.24, 2.45) is 0 Å². The number of nitriles is 1. The maximum atomic E-state index is 13.5. The summed E-state index contributed by atoms with van der Waals surface area (Å²) in [5, 5.41) is 12.8. The zero-order chi connectivity index (χ0) is 25.1. The molecular formula is C23H19ClF2N8O. The Labute approximate surface area is 203 Å². The highest BCUT2D eigenvalue weighted by atomic mass is 35.5. The summed E-state index contributed by atoms with van der Waals surface area (Å²) in [5.74, 6) is 0.332. The standard InChI is InChI=1S/C23H19ClF2N8O/c24-15-5-2-6-16-19(15)22(35)34(13-4-1-3-12(9-13)10-17(25)26)18(31-16)7-8-30-21-14(11-27)20(28)32-23(29)33-21/h1-6,9,17H,7-8,10H2,(H5,28,29,30,32,33). The lowest BCUT2D eigenvalue weighted by Crippen LogP contribution is -2.26. The van der Waals surface area contributed by atoms with Gasteiger partial charge in [-0.2, -0.15) is 15.2 Å². The lowest BCUT2D eigenvalue weighted by Gasteiger charge is -2.16. The average molecular weight is 497 g/mol. The topological polar surface area (TPSA) is 149 Å². The number of hydrogen-bond donors (Lipinski definition) is 3. The molecule has 5 N–H and O–H groups in total. The van der Waals surface area contributed by atoms with Crippen molar-refractivity contribution in [1.82, 2.24) is 19.5 Å². The summed E-state index contributed by atoms with van der Waals surface area (Å²) in [6.07, 6.45) is -2.78. The maximum Gasteiger partial charge on any atom is 0.267 e. The van der Waals surface area contributed by atoms with Gasteiger partial charge in [0.2, 0.25) is 12.4 Å². The molecule has 0 aliphatic heterocycles. The third-order valence-corrected chi connectivity index (χ3v) is 5.50. The Balaban J connectivity index is 1.77. The summed E-state index contributed by atoms with van der Waals surface area (Å²) in [4.78, 5) is 25.9. The lowest BCUT2D eigenvalue weighted by atomic mass is 10.1. The summed E-state index contributed by atoms with van der Waals surface area (Å²) < 4.78 is 27.3. The smallest absolute Gasteiger partial charge is 0.267 e. The van der Waals surface area contributed by atoms with Crippen molar-refractivity contribution in [3.05, 3.63) is 74.8 Å². The molecule has 0 radical (unpaired) electrons. The van der Waals surface area contributed by atoms with Crippen molar-refractivity contribution in [2.45, 2.75) is 19.3 Å². The van der Waals surface area contributed by atoms with E-state index >= 15 is 0 Å². The number of rotatable bonds is 7. The molecule has 0 spiro atoms. The molecule has 0 fully saturated rings. The largest absolute Gasteiger partial charge is 0.382 e. The first-order valence-electron chi connectivity index (χ1n) is 10.4. The van der Waals surface area contributed by atoms with E-state index in [2.05, 4.69) is 20.3 Å². The third kappa shape index (κ3) is 4.97. The molecule has 0 saturated carbocycles. The number of fused-ring (bicyclic) bond motifs is 1. The molecule has 9 nitrogen and oxygen atoms in total. The van der Waals surface area contributed by atoms with Crippen molar-refractivity contribution < 1.29 is 8.78 Å². The van der Waals surface area contributed by atoms with E-state index < -0.39 is 18.4 Å². The van der Waals surface area contributed by atoms with E-state index in [0.29, 0.717) is 22.6 Å². The van der Waals surface area contributed by atoms with Crippen LogP contribution in [0.15, 0.2) is 47.3 Å². The Morgan fingerprint density at radius 1 is 1.14 bits per heavy atom. The van der Waals surface area contributed by atoms with Crippen LogP contribution in [0.25, 0.3) is 16.6 Å². The van der Waals surface area contributed by atoms with E-state index in [0.717, 1.165) is 0 Å². The molecule has 12 heteroatoms. The minimum Gasteiger partial charge on any atom is -0.382 e. The first-order valence-corrected chi connectivity index (χ1v) is 10.8. The fourth-order valence-electron chi connectivity index (χ4n) is 3.70. The minimum atomic E-state index is -2.53. The summed E-state index contributed by atoms with van der Waals surface area (Å²) in [5.41, 5.74) is 12.1. The Hall–Kier alpha value is -4.30. The number of anilines is 3. The molecular weight excluding hydrogens is 478 g/mol. The number of halogens is 3. The maximum absolute atomic E-state index is 13.5. The van der Waals surface area contributed by atoms with Crippen LogP contribution in [0.5, 0.6) is 0 Å². The first kappa shape index (κ1) is 23.8. The fourth-order valence-corrected chi connectivity index (χ4v) is 3.95. The quantitative estimate of drug-likeness (QED) is 0.353. The van der Waals surface area contributed by atoms with Crippen molar-refractivity contribution in [3.8, 4) is 11.8 Å². The van der Waals surface area contributed by atoms with Gasteiger partial charge in [-0.25, -0.2) is 13.8 Å². The third-order valence-electron chi connectivity index (χ3n) is 5.18. The highest BCUT2D eigenvalue weighted by Gasteiger charge is 2.17. The SMILES string of the molecule is N#Cc1c(N)nc(N)nc1NCCc1nc2cccc(Cl)c2c(=O)n1-c1cccc(CC(F)F)c1. The number of nitrogens with zero attached hydrogens (tertiary/aromatic N) is 5. The predicted molar refractivity (Wildman–Crippen MR) is 130 cm³/mol. The number of alkyl halides is 2. The second-order valence-corrected chi connectivity index (χ2v) is 7.95. The molecule has 0 aliphatic carbocycles. The van der Waals surface area contributed by atoms with E-state index in [-0.39, 0.29) is 46.5 Å². The number of hydrogen-bond acceptors (Lipinski definition) is 8. The van der Waals surface area contributed by atoms with Gasteiger partial charge < -0.3 is 16.8 Å². The summed E-state index contributed by atoms with van der Waals surface area (Å²) in [6, 6.07) is 13.2. The number of aromatic nitrogens is 4. The van der Waals surface area contributed by atoms with Gasteiger partial charge in [0.05, 0.1) is 21.6 Å². The van der Waals surface area contributed by atoms with Crippen molar-refractivity contribution >= 4 is 40.1 Å². The van der Waals surface area contributed by atoms with Gasteiger partial charge in [-0.3, -0.25) is 9.36 Å². The highest BCUT2D eigenvalue weighted by molar-refractivity contribution is 6.35. The molecule has 178 valence electrons. The number of nitrogens with two attached hydrogens (primary N) is 2. The van der Waals surface area contributed by atoms with E-state index in [1.165, 1.54) is 10.6 Å². The Morgan fingerprint density at radius 2 is 1.91 bits per heavy atom. The molecule has 35 heavy (non-hydrogen) atoms. The van der Waals surface area contributed by atoms with Crippen LogP contribution in [0.4, 0.5) is 26.4 Å². The minimum absolute atomic E-state index is 0.0366. The van der Waals surface area contributed by atoms with Gasteiger partial charge in [-0.1, -0.05) is 29.8 Å². The average Bonchev–Trinajstić information content (AvgIpc) is 2.78. The normalized spacial score (nSPS) is 11.1. The van der Waals surface area contributed by atoms with Crippen LogP contribution in [0.2, 0.25) is 5.02 Å². The Bertz CT molecular complexity index is 1520. The highest BCUT2D eigenvalue weighted by Crippen LogP contribution is 2.22. The van der Waals surface area contributed by atoms with Crippen LogP contribution < -0.4 is 22.3 Å². The molecule has 2 aromatic carbocycles. The fraction of sp³-hybridized carbons (Fsp3) is 0.174. The lowest BCUT2D eigenvalue weighted by molar-refractivity contribution is 0.149. The molecule has 4 aromatic rings. The van der Waals surface area contributed by atoms with Gasteiger partial charge in [-0.15, -0.1) is 0 Å². The van der Waals surface area contributed by atoms with Gasteiger partial charge in [-0.05, 0) is 29.8 Å². The summed E-state index contributed by atoms with van der Waals surface area (Å²) >= 11 is 6.29. The van der Waals surface area contributed by atoms with E-state index in [1.807, 2.05) is 6.07 Å². The van der Waals surface area contributed by atoms with Gasteiger partial charge in [0.25, 0.3) is 5.56 Å². The number of nitrogens with one attached hydrogen (secondary N) is 1. The molecule has 0 unspecified atom stereocenters. The Morgan fingerprint density at radius 3 is 2.66 bits per heavy atom. The molecule has 2 heterocycles. The van der Waals surface area contributed by atoms with Crippen LogP contribution in [-0.4, -0.2) is 32.5 Å². The van der Waals surface area contributed by atoms with Crippen LogP contribution in [0, 0.1) is 11.3 Å². The summed E-state index contributed by atoms with van der Waals surface area (Å²) in [6.45, 7) is 0.194. The Kier molecular flexibility index (Phi) is 6.75. The first-order chi connectivity index (χ1) is 16.8. The zero-order valence-corrected chi connectivity index (χ0v) is 18.9. The molecule has 4 rings (SSSR count). The van der Waals surface area contributed by atoms with Crippen LogP contribution in [0.3, 0.4) is 0 Å². The molecule has 0 aliphatic rings. The summed E-state index contributed by atoms with van der Waals surface area (Å²) in [7, 11) is 0. The predicted octanol–water partition coefficient (Wildman–Crippen LogP) is 3.33. The van der Waals surface area contributed by atoms with E-state index in [9.17, 15) is 18.8 Å². The number of nitrogen functional groups attached to an aromatic ring is 2. The second kappa shape index (κ2) is 9.90. The molecule has 2 aromatic heterocycles. The van der Waals surface area contributed by atoms with Gasteiger partial charge in [0.15, 0.2) is 5.82 Å². The monoisotopic (exact) mass is 496 g/mol. The van der Waals surface area contributed by atoms with Crippen molar-refractivity contribution in [3.63, 3.8) is 0 Å². The number of benzene rings is 2. The molecule has 0 saturated heterocycles. The molecule has 0 atom stereocenters. The van der Waals surface area contributed by atoms with Crippen molar-refractivity contribution in [1.29, 1.82) is 5.26 Å². The van der Waals surface area contributed by atoms with Crippen LogP contribution in [-0.2, 0) is 12.8 Å². The second-order valence-electron chi connectivity index (χ2n) is 7.55. The van der Waals surface area contributed by atoms with Gasteiger partial charge >= 0.3 is 0 Å².